The molecule has 4 atom stereocenters. The van der Waals surface area contributed by atoms with E-state index in [1.165, 1.54) is 0 Å². The summed E-state index contributed by atoms with van der Waals surface area (Å²) in [7, 11) is 0. The molecule has 3 aliphatic rings. The lowest BCUT2D eigenvalue weighted by atomic mass is 9.79. The summed E-state index contributed by atoms with van der Waals surface area (Å²) in [6.45, 7) is 4.68. The molecule has 0 aromatic rings. The van der Waals surface area contributed by atoms with Crippen molar-refractivity contribution in [3.8, 4) is 0 Å². The summed E-state index contributed by atoms with van der Waals surface area (Å²) in [6.07, 6.45) is 4.25. The van der Waals surface area contributed by atoms with E-state index < -0.39 is 5.60 Å². The van der Waals surface area contributed by atoms with Gasteiger partial charge in [0.2, 0.25) is 0 Å². The second-order valence-electron chi connectivity index (χ2n) is 6.62. The molecule has 3 rings (SSSR count). The Morgan fingerprint density at radius 1 is 1.21 bits per heavy atom. The predicted molar refractivity (Wildman–Crippen MR) is 53.7 cm³/mol. The van der Waals surface area contributed by atoms with Gasteiger partial charge in [-0.25, -0.2) is 0 Å². The number of aliphatic hydroxyl groups is 2. The molecule has 3 aliphatic carbocycles. The molecule has 0 saturated heterocycles. The first-order valence-corrected chi connectivity index (χ1v) is 5.77. The molecule has 0 amide bonds. The molecule has 0 aliphatic heterocycles. The van der Waals surface area contributed by atoms with E-state index in [1.54, 1.807) is 0 Å². The number of hydrogen-bond donors (Lipinski definition) is 2. The zero-order valence-electron chi connectivity index (χ0n) is 9.08. The van der Waals surface area contributed by atoms with Crippen molar-refractivity contribution in [3.05, 3.63) is 0 Å². The molecule has 0 aromatic carbocycles. The summed E-state index contributed by atoms with van der Waals surface area (Å²) < 4.78 is 0. The van der Waals surface area contributed by atoms with Gasteiger partial charge in [0.25, 0.3) is 0 Å². The molecule has 3 saturated carbocycles. The Hall–Kier alpha value is -0.0800. The maximum atomic E-state index is 10.8. The molecule has 0 aromatic heterocycles. The molecule has 3 fully saturated rings. The van der Waals surface area contributed by atoms with Gasteiger partial charge in [-0.3, -0.25) is 0 Å². The molecule has 0 unspecified atom stereocenters. The third-order valence-corrected chi connectivity index (χ3v) is 5.17. The van der Waals surface area contributed by atoms with Gasteiger partial charge in [-0.05, 0) is 42.9 Å². The van der Waals surface area contributed by atoms with Crippen LogP contribution in [0.1, 0.15) is 39.5 Å². The molecular formula is C12H20O2. The summed E-state index contributed by atoms with van der Waals surface area (Å²) in [5, 5.41) is 20.3. The fourth-order valence-corrected chi connectivity index (χ4v) is 4.54. The van der Waals surface area contributed by atoms with E-state index in [4.69, 9.17) is 0 Å². The van der Waals surface area contributed by atoms with Crippen LogP contribution in [0, 0.1) is 22.7 Å². The van der Waals surface area contributed by atoms with Gasteiger partial charge in [-0.1, -0.05) is 13.8 Å². The standard InChI is InChI=1S/C12H20O2/c1-10(2)4-9-3-8-5-11(8,7-13)12(9,14)6-10/h8-9,13-14H,3-7H2,1-2H3/t8-,9-,11-,12-/m0/s1. The van der Waals surface area contributed by atoms with Crippen molar-refractivity contribution in [2.24, 2.45) is 22.7 Å². The van der Waals surface area contributed by atoms with Gasteiger partial charge in [0, 0.05) is 5.41 Å². The molecular weight excluding hydrogens is 176 g/mol. The van der Waals surface area contributed by atoms with Gasteiger partial charge in [-0.15, -0.1) is 0 Å². The third kappa shape index (κ3) is 0.809. The van der Waals surface area contributed by atoms with Crippen molar-refractivity contribution in [2.45, 2.75) is 45.1 Å². The van der Waals surface area contributed by atoms with Crippen LogP contribution in [-0.4, -0.2) is 22.4 Å². The molecule has 0 bridgehead atoms. The maximum absolute atomic E-state index is 10.8. The average Bonchev–Trinajstić information content (AvgIpc) is 2.64. The zero-order valence-corrected chi connectivity index (χ0v) is 9.08. The van der Waals surface area contributed by atoms with E-state index in [-0.39, 0.29) is 17.4 Å². The zero-order chi connectivity index (χ0) is 10.2. The molecule has 2 N–H and O–H groups in total. The summed E-state index contributed by atoms with van der Waals surface area (Å²) in [6, 6.07) is 0. The fraction of sp³-hybridized carbons (Fsp3) is 1.00. The number of hydrogen-bond acceptors (Lipinski definition) is 2. The van der Waals surface area contributed by atoms with Crippen LogP contribution < -0.4 is 0 Å². The first-order valence-electron chi connectivity index (χ1n) is 5.77. The van der Waals surface area contributed by atoms with Crippen LogP contribution in [0.25, 0.3) is 0 Å². The van der Waals surface area contributed by atoms with Gasteiger partial charge in [-0.2, -0.15) is 0 Å². The van der Waals surface area contributed by atoms with Gasteiger partial charge in [0.05, 0.1) is 12.2 Å². The number of rotatable bonds is 1. The Bertz CT molecular complexity index is 282. The lowest BCUT2D eigenvalue weighted by Gasteiger charge is -2.33. The summed E-state index contributed by atoms with van der Waals surface area (Å²) in [4.78, 5) is 0. The Balaban J connectivity index is 1.97. The van der Waals surface area contributed by atoms with Crippen molar-refractivity contribution in [3.63, 3.8) is 0 Å². The minimum Gasteiger partial charge on any atom is -0.396 e. The lowest BCUT2D eigenvalue weighted by Crippen LogP contribution is -2.42. The van der Waals surface area contributed by atoms with Gasteiger partial charge in [0.15, 0.2) is 0 Å². The normalized spacial score (nSPS) is 58.3. The van der Waals surface area contributed by atoms with Gasteiger partial charge >= 0.3 is 0 Å². The second kappa shape index (κ2) is 2.19. The molecule has 2 heteroatoms. The third-order valence-electron chi connectivity index (χ3n) is 5.17. The van der Waals surface area contributed by atoms with Crippen LogP contribution in [0.3, 0.4) is 0 Å². The van der Waals surface area contributed by atoms with E-state index >= 15 is 0 Å². The van der Waals surface area contributed by atoms with Crippen molar-refractivity contribution >= 4 is 0 Å². The van der Waals surface area contributed by atoms with E-state index in [0.717, 1.165) is 25.7 Å². The smallest absolute Gasteiger partial charge is 0.0761 e. The molecule has 14 heavy (non-hydrogen) atoms. The highest BCUT2D eigenvalue weighted by Gasteiger charge is 2.76. The molecule has 2 nitrogen and oxygen atoms in total. The quantitative estimate of drug-likeness (QED) is 0.668. The molecule has 80 valence electrons. The van der Waals surface area contributed by atoms with Crippen molar-refractivity contribution in [1.29, 1.82) is 0 Å². The average molecular weight is 196 g/mol. The Morgan fingerprint density at radius 3 is 2.57 bits per heavy atom. The Morgan fingerprint density at radius 2 is 1.93 bits per heavy atom. The van der Waals surface area contributed by atoms with E-state index in [0.29, 0.717) is 11.8 Å². The second-order valence-corrected chi connectivity index (χ2v) is 6.62. The molecule has 0 spiro atoms. The molecule has 0 heterocycles. The van der Waals surface area contributed by atoms with Crippen LogP contribution >= 0.6 is 0 Å². The van der Waals surface area contributed by atoms with E-state index in [9.17, 15) is 10.2 Å². The highest BCUT2D eigenvalue weighted by Crippen LogP contribution is 2.75. The first-order chi connectivity index (χ1) is 6.44. The number of fused-ring (bicyclic) bond motifs is 3. The Kier molecular flexibility index (Phi) is 1.44. The van der Waals surface area contributed by atoms with Crippen LogP contribution in [0.15, 0.2) is 0 Å². The summed E-state index contributed by atoms with van der Waals surface area (Å²) in [5.74, 6) is 1.09. The van der Waals surface area contributed by atoms with Crippen LogP contribution in [-0.2, 0) is 0 Å². The minimum absolute atomic E-state index is 0.0918. The topological polar surface area (TPSA) is 40.5 Å². The van der Waals surface area contributed by atoms with E-state index in [1.807, 2.05) is 0 Å². The highest BCUT2D eigenvalue weighted by atomic mass is 16.3. The summed E-state index contributed by atoms with van der Waals surface area (Å²) >= 11 is 0. The van der Waals surface area contributed by atoms with Crippen LogP contribution in [0.4, 0.5) is 0 Å². The predicted octanol–water partition coefficient (Wildman–Crippen LogP) is 1.56. The minimum atomic E-state index is -0.532. The maximum Gasteiger partial charge on any atom is 0.0761 e. The lowest BCUT2D eigenvalue weighted by molar-refractivity contribution is -0.0682. The number of aliphatic hydroxyl groups excluding tert-OH is 1. The highest BCUT2D eigenvalue weighted by molar-refractivity contribution is 5.25. The SMILES string of the molecule is CC1(C)C[C@@H]2C[C@H]3C[C@@]3(CO)[C@]2(O)C1. The monoisotopic (exact) mass is 196 g/mol. The van der Waals surface area contributed by atoms with Gasteiger partial charge < -0.3 is 10.2 Å². The molecule has 0 radical (unpaired) electrons. The Labute approximate surface area is 85.3 Å². The van der Waals surface area contributed by atoms with Crippen LogP contribution in [0.2, 0.25) is 0 Å². The first kappa shape index (κ1) is 9.17. The largest absolute Gasteiger partial charge is 0.396 e. The van der Waals surface area contributed by atoms with Crippen molar-refractivity contribution in [1.82, 2.24) is 0 Å². The fourth-order valence-electron chi connectivity index (χ4n) is 4.54. The summed E-state index contributed by atoms with van der Waals surface area (Å²) in [5.41, 5.74) is -0.351. The van der Waals surface area contributed by atoms with Gasteiger partial charge in [0.1, 0.15) is 0 Å². The van der Waals surface area contributed by atoms with Crippen LogP contribution in [0.5, 0.6) is 0 Å². The van der Waals surface area contributed by atoms with Crippen molar-refractivity contribution < 1.29 is 10.2 Å². The van der Waals surface area contributed by atoms with E-state index in [2.05, 4.69) is 13.8 Å². The van der Waals surface area contributed by atoms with Crippen molar-refractivity contribution in [2.75, 3.05) is 6.61 Å².